The number of rotatable bonds is 4. The zero-order valence-electron chi connectivity index (χ0n) is 9.89. The Kier molecular flexibility index (Phi) is 3.20. The molecule has 20 heavy (non-hydrogen) atoms. The van der Waals surface area contributed by atoms with E-state index in [0.29, 0.717) is 9.97 Å². The van der Waals surface area contributed by atoms with Crippen LogP contribution in [0.5, 0.6) is 0 Å². The minimum absolute atomic E-state index is 0.00176. The molecule has 0 fully saturated rings. The van der Waals surface area contributed by atoms with Crippen molar-refractivity contribution in [3.63, 3.8) is 0 Å². The van der Waals surface area contributed by atoms with E-state index in [1.807, 2.05) is 0 Å². The number of benzene rings is 1. The molecule has 0 amide bonds. The topological polar surface area (TPSA) is 89.2 Å². The number of fused-ring (bicyclic) bond motifs is 1. The van der Waals surface area contributed by atoms with Crippen LogP contribution in [0.3, 0.4) is 0 Å². The van der Waals surface area contributed by atoms with Crippen molar-refractivity contribution in [2.75, 3.05) is 0 Å². The van der Waals surface area contributed by atoms with Crippen LogP contribution in [-0.4, -0.2) is 28.2 Å². The van der Waals surface area contributed by atoms with Crippen molar-refractivity contribution in [1.82, 2.24) is 24.5 Å². The van der Waals surface area contributed by atoms with Crippen LogP contribution in [0.2, 0.25) is 0 Å². The third-order valence-corrected chi connectivity index (χ3v) is 4.80. The van der Waals surface area contributed by atoms with E-state index in [9.17, 15) is 12.8 Å². The minimum atomic E-state index is -3.69. The van der Waals surface area contributed by atoms with Gasteiger partial charge in [-0.05, 0) is 24.3 Å². The van der Waals surface area contributed by atoms with E-state index in [1.54, 1.807) is 0 Å². The third kappa shape index (κ3) is 2.53. The molecule has 1 aromatic carbocycles. The van der Waals surface area contributed by atoms with E-state index in [2.05, 4.69) is 20.0 Å². The number of hydrogen-bond acceptors (Lipinski definition) is 6. The van der Waals surface area contributed by atoms with E-state index < -0.39 is 15.8 Å². The molecule has 2 heterocycles. The van der Waals surface area contributed by atoms with Gasteiger partial charge in [-0.3, -0.25) is 0 Å². The molecule has 0 radical (unpaired) electrons. The van der Waals surface area contributed by atoms with E-state index in [4.69, 9.17) is 0 Å². The lowest BCUT2D eigenvalue weighted by atomic mass is 10.4. The summed E-state index contributed by atoms with van der Waals surface area (Å²) in [6, 6.07) is 4.60. The summed E-state index contributed by atoms with van der Waals surface area (Å²) in [7, 11) is -3.69. The van der Waals surface area contributed by atoms with Gasteiger partial charge >= 0.3 is 0 Å². The molecule has 104 valence electrons. The third-order valence-electron chi connectivity index (χ3n) is 2.47. The Balaban J connectivity index is 1.76. The van der Waals surface area contributed by atoms with Crippen molar-refractivity contribution in [2.24, 2.45) is 0 Å². The van der Waals surface area contributed by atoms with Crippen molar-refractivity contribution in [1.29, 1.82) is 0 Å². The maximum atomic E-state index is 12.8. The predicted octanol–water partition coefficient (Wildman–Crippen LogP) is 0.803. The van der Waals surface area contributed by atoms with Crippen molar-refractivity contribution >= 4 is 26.3 Å². The standard InChI is InChI=1S/C10H8FN5O2S2/c11-7-1-3-8(4-2-7)20(17,18)13-5-9-15-16-6-12-14-10(16)19-9/h1-4,6,13H,5H2. The Morgan fingerprint density at radius 1 is 1.30 bits per heavy atom. The molecule has 2 aromatic heterocycles. The molecule has 0 aliphatic carbocycles. The summed E-state index contributed by atoms with van der Waals surface area (Å²) in [5.74, 6) is -0.488. The van der Waals surface area contributed by atoms with Crippen LogP contribution >= 0.6 is 11.3 Å². The van der Waals surface area contributed by atoms with Crippen LogP contribution in [0.25, 0.3) is 4.96 Å². The molecule has 0 aliphatic rings. The van der Waals surface area contributed by atoms with Crippen LogP contribution in [-0.2, 0) is 16.6 Å². The van der Waals surface area contributed by atoms with Gasteiger partial charge in [-0.25, -0.2) is 17.5 Å². The van der Waals surface area contributed by atoms with Crippen molar-refractivity contribution in [3.05, 3.63) is 41.4 Å². The summed E-state index contributed by atoms with van der Waals surface area (Å²) < 4.78 is 40.6. The first kappa shape index (κ1) is 13.1. The van der Waals surface area contributed by atoms with Crippen molar-refractivity contribution < 1.29 is 12.8 Å². The second kappa shape index (κ2) is 4.89. The number of nitrogens with one attached hydrogen (secondary N) is 1. The van der Waals surface area contributed by atoms with Crippen LogP contribution < -0.4 is 4.72 Å². The lowest BCUT2D eigenvalue weighted by molar-refractivity contribution is 0.579. The molecule has 0 saturated carbocycles. The van der Waals surface area contributed by atoms with Gasteiger partial charge in [0.25, 0.3) is 0 Å². The van der Waals surface area contributed by atoms with Gasteiger partial charge in [-0.15, -0.1) is 10.2 Å². The van der Waals surface area contributed by atoms with Crippen LogP contribution in [0.1, 0.15) is 5.01 Å². The molecule has 1 N–H and O–H groups in total. The van der Waals surface area contributed by atoms with Crippen molar-refractivity contribution in [3.8, 4) is 0 Å². The van der Waals surface area contributed by atoms with E-state index in [1.165, 1.54) is 34.3 Å². The maximum absolute atomic E-state index is 12.8. The highest BCUT2D eigenvalue weighted by molar-refractivity contribution is 7.89. The number of halogens is 1. The first-order valence-corrected chi connectivity index (χ1v) is 7.75. The average Bonchev–Trinajstić information content (AvgIpc) is 2.97. The summed E-state index contributed by atoms with van der Waals surface area (Å²) in [6.07, 6.45) is 1.43. The number of sulfonamides is 1. The molecular weight excluding hydrogens is 305 g/mol. The summed E-state index contributed by atoms with van der Waals surface area (Å²) in [5.41, 5.74) is 0. The SMILES string of the molecule is O=S(=O)(NCc1nn2cnnc2s1)c1ccc(F)cc1. The summed E-state index contributed by atoms with van der Waals surface area (Å²) in [6.45, 7) is 0.0355. The second-order valence-corrected chi connectivity index (χ2v) is 6.64. The average molecular weight is 313 g/mol. The fraction of sp³-hybridized carbons (Fsp3) is 0.100. The second-order valence-electron chi connectivity index (χ2n) is 3.83. The van der Waals surface area contributed by atoms with Gasteiger partial charge in [0.05, 0.1) is 11.4 Å². The molecule has 3 rings (SSSR count). The smallest absolute Gasteiger partial charge is 0.207 e. The molecule has 0 spiro atoms. The quantitative estimate of drug-likeness (QED) is 0.769. The molecule has 0 aliphatic heterocycles. The van der Waals surface area contributed by atoms with E-state index >= 15 is 0 Å². The van der Waals surface area contributed by atoms with Gasteiger partial charge in [0.1, 0.15) is 17.2 Å². The van der Waals surface area contributed by atoms with Gasteiger partial charge < -0.3 is 0 Å². The lowest BCUT2D eigenvalue weighted by Gasteiger charge is -2.04. The van der Waals surface area contributed by atoms with Gasteiger partial charge in [0, 0.05) is 0 Å². The monoisotopic (exact) mass is 313 g/mol. The molecule has 0 bridgehead atoms. The zero-order valence-corrected chi connectivity index (χ0v) is 11.5. The Bertz CT molecular complexity index is 812. The van der Waals surface area contributed by atoms with Gasteiger partial charge in [-0.1, -0.05) is 11.3 Å². The molecule has 3 aromatic rings. The van der Waals surface area contributed by atoms with Gasteiger partial charge in [0.2, 0.25) is 15.0 Å². The zero-order chi connectivity index (χ0) is 14.2. The number of nitrogens with zero attached hydrogens (tertiary/aromatic N) is 4. The van der Waals surface area contributed by atoms with E-state index in [0.717, 1.165) is 12.1 Å². The highest BCUT2D eigenvalue weighted by atomic mass is 32.2. The molecule has 0 saturated heterocycles. The highest BCUT2D eigenvalue weighted by Gasteiger charge is 2.15. The first-order valence-electron chi connectivity index (χ1n) is 5.45. The summed E-state index contributed by atoms with van der Waals surface area (Å²) >= 11 is 1.23. The highest BCUT2D eigenvalue weighted by Crippen LogP contribution is 2.13. The minimum Gasteiger partial charge on any atom is -0.207 e. The lowest BCUT2D eigenvalue weighted by Crippen LogP contribution is -2.23. The predicted molar refractivity (Wildman–Crippen MR) is 69.1 cm³/mol. The first-order chi connectivity index (χ1) is 9.54. The number of aromatic nitrogens is 4. The molecule has 10 heteroatoms. The summed E-state index contributed by atoms with van der Waals surface area (Å²) in [5, 5.41) is 12.1. The Labute approximate surface area is 117 Å². The Morgan fingerprint density at radius 3 is 2.75 bits per heavy atom. The molecule has 0 unspecified atom stereocenters. The van der Waals surface area contributed by atoms with Gasteiger partial charge in [0.15, 0.2) is 0 Å². The summed E-state index contributed by atoms with van der Waals surface area (Å²) in [4.78, 5) is 0.586. The number of hydrogen-bond donors (Lipinski definition) is 1. The molecule has 0 atom stereocenters. The van der Waals surface area contributed by atoms with E-state index in [-0.39, 0.29) is 11.4 Å². The normalized spacial score (nSPS) is 12.1. The van der Waals surface area contributed by atoms with Crippen LogP contribution in [0.15, 0.2) is 35.5 Å². The fourth-order valence-electron chi connectivity index (χ4n) is 1.53. The van der Waals surface area contributed by atoms with Gasteiger partial charge in [-0.2, -0.15) is 9.61 Å². The fourth-order valence-corrected chi connectivity index (χ4v) is 3.36. The maximum Gasteiger partial charge on any atom is 0.240 e. The van der Waals surface area contributed by atoms with Crippen molar-refractivity contribution in [2.45, 2.75) is 11.4 Å². The Morgan fingerprint density at radius 2 is 2.05 bits per heavy atom. The van der Waals surface area contributed by atoms with Crippen LogP contribution in [0.4, 0.5) is 4.39 Å². The molecular formula is C10H8FN5O2S2. The van der Waals surface area contributed by atoms with Crippen LogP contribution in [0, 0.1) is 5.82 Å². The Hall–Kier alpha value is -1.91. The molecule has 7 nitrogen and oxygen atoms in total. The largest absolute Gasteiger partial charge is 0.240 e.